The second-order valence-corrected chi connectivity index (χ2v) is 7.72. The molecule has 2 rings (SSSR count). The van der Waals surface area contributed by atoms with Crippen LogP contribution in [0.2, 0.25) is 0 Å². The standard InChI is InChI=1S/C22H37N5O2/c1-26(2)21(28)18-24-22(23-13-10-19-8-5-4-6-9-19)25-20-11-15-27(16-12-20)14-7-17-29-3/h4-6,8-9,20H,7,10-18H2,1-3H3,(H2,23,24,25). The lowest BCUT2D eigenvalue weighted by Crippen LogP contribution is -2.49. The fraction of sp³-hybridized carbons (Fsp3) is 0.636. The third-order valence-electron chi connectivity index (χ3n) is 5.17. The second-order valence-electron chi connectivity index (χ2n) is 7.72. The average Bonchev–Trinajstić information content (AvgIpc) is 2.73. The first-order chi connectivity index (χ1) is 14.1. The lowest BCUT2D eigenvalue weighted by Gasteiger charge is -2.33. The molecular weight excluding hydrogens is 366 g/mol. The number of carbonyl (C=O) groups is 1. The first-order valence-electron chi connectivity index (χ1n) is 10.6. The van der Waals surface area contributed by atoms with E-state index in [1.807, 2.05) is 6.07 Å². The van der Waals surface area contributed by atoms with Crippen molar-refractivity contribution in [3.8, 4) is 0 Å². The Labute approximate surface area is 175 Å². The fourth-order valence-electron chi connectivity index (χ4n) is 3.34. The van der Waals surface area contributed by atoms with Gasteiger partial charge in [0.15, 0.2) is 5.96 Å². The maximum absolute atomic E-state index is 11.9. The summed E-state index contributed by atoms with van der Waals surface area (Å²) in [6, 6.07) is 10.8. The number of rotatable bonds is 10. The van der Waals surface area contributed by atoms with Crippen molar-refractivity contribution >= 4 is 11.9 Å². The van der Waals surface area contributed by atoms with Crippen LogP contribution in [0.5, 0.6) is 0 Å². The van der Waals surface area contributed by atoms with Gasteiger partial charge < -0.3 is 25.2 Å². The van der Waals surface area contributed by atoms with Crippen LogP contribution in [0.25, 0.3) is 0 Å². The van der Waals surface area contributed by atoms with Crippen LogP contribution in [-0.4, -0.2) is 88.2 Å². The van der Waals surface area contributed by atoms with Gasteiger partial charge in [0.05, 0.1) is 0 Å². The Hall–Kier alpha value is -2.12. The molecule has 0 unspecified atom stereocenters. The van der Waals surface area contributed by atoms with Crippen molar-refractivity contribution in [2.45, 2.75) is 31.7 Å². The first-order valence-corrected chi connectivity index (χ1v) is 10.6. The number of likely N-dealkylation sites (tertiary alicyclic amines) is 1. The summed E-state index contributed by atoms with van der Waals surface area (Å²) in [5.74, 6) is 0.732. The molecule has 1 aromatic rings. The van der Waals surface area contributed by atoms with Crippen LogP contribution in [0.15, 0.2) is 35.3 Å². The number of ether oxygens (including phenoxy) is 1. The van der Waals surface area contributed by atoms with Crippen molar-refractivity contribution in [1.29, 1.82) is 0 Å². The van der Waals surface area contributed by atoms with Crippen LogP contribution in [0.3, 0.4) is 0 Å². The Kier molecular flexibility index (Phi) is 10.5. The normalized spacial score (nSPS) is 15.9. The van der Waals surface area contributed by atoms with E-state index in [0.717, 1.165) is 64.4 Å². The Morgan fingerprint density at radius 2 is 1.97 bits per heavy atom. The number of carbonyl (C=O) groups excluding carboxylic acids is 1. The first kappa shape index (κ1) is 23.2. The number of guanidine groups is 1. The minimum absolute atomic E-state index is 0.00196. The highest BCUT2D eigenvalue weighted by Gasteiger charge is 2.19. The van der Waals surface area contributed by atoms with Crippen molar-refractivity contribution in [3.05, 3.63) is 35.9 Å². The minimum atomic E-state index is 0.00196. The highest BCUT2D eigenvalue weighted by molar-refractivity contribution is 5.84. The quantitative estimate of drug-likeness (QED) is 0.351. The van der Waals surface area contributed by atoms with E-state index in [1.54, 1.807) is 26.1 Å². The molecule has 1 aliphatic rings. The Morgan fingerprint density at radius 1 is 1.24 bits per heavy atom. The fourth-order valence-corrected chi connectivity index (χ4v) is 3.34. The molecule has 1 fully saturated rings. The third-order valence-corrected chi connectivity index (χ3v) is 5.17. The predicted octanol–water partition coefficient (Wildman–Crippen LogP) is 1.35. The van der Waals surface area contributed by atoms with Crippen LogP contribution in [0, 0.1) is 0 Å². The Balaban J connectivity index is 1.83. The van der Waals surface area contributed by atoms with Gasteiger partial charge in [-0.2, -0.15) is 0 Å². The van der Waals surface area contributed by atoms with Gasteiger partial charge in [-0.25, -0.2) is 4.99 Å². The van der Waals surface area contributed by atoms with E-state index in [2.05, 4.69) is 44.8 Å². The molecule has 29 heavy (non-hydrogen) atoms. The molecule has 1 aliphatic heterocycles. The number of hydrogen-bond acceptors (Lipinski definition) is 4. The molecule has 0 aliphatic carbocycles. The van der Waals surface area contributed by atoms with Crippen LogP contribution >= 0.6 is 0 Å². The minimum Gasteiger partial charge on any atom is -0.385 e. The molecule has 1 saturated heterocycles. The number of nitrogens with one attached hydrogen (secondary N) is 2. The maximum Gasteiger partial charge on any atom is 0.243 e. The van der Waals surface area contributed by atoms with Gasteiger partial charge in [-0.15, -0.1) is 0 Å². The zero-order valence-corrected chi connectivity index (χ0v) is 18.2. The number of likely N-dealkylation sites (N-methyl/N-ethyl adjacent to an activating group) is 1. The molecule has 0 radical (unpaired) electrons. The van der Waals surface area contributed by atoms with E-state index in [-0.39, 0.29) is 12.5 Å². The van der Waals surface area contributed by atoms with Gasteiger partial charge in [-0.3, -0.25) is 4.79 Å². The summed E-state index contributed by atoms with van der Waals surface area (Å²) in [7, 11) is 5.27. The predicted molar refractivity (Wildman–Crippen MR) is 118 cm³/mol. The number of piperidine rings is 1. The monoisotopic (exact) mass is 403 g/mol. The summed E-state index contributed by atoms with van der Waals surface area (Å²) < 4.78 is 5.15. The smallest absolute Gasteiger partial charge is 0.243 e. The molecule has 2 N–H and O–H groups in total. The van der Waals surface area contributed by atoms with Crippen molar-refractivity contribution in [2.24, 2.45) is 4.99 Å². The summed E-state index contributed by atoms with van der Waals surface area (Å²) in [6.45, 7) is 5.00. The third kappa shape index (κ3) is 9.28. The summed E-state index contributed by atoms with van der Waals surface area (Å²) in [5, 5.41) is 6.94. The van der Waals surface area contributed by atoms with E-state index < -0.39 is 0 Å². The molecule has 7 heteroatoms. The molecule has 0 spiro atoms. The van der Waals surface area contributed by atoms with E-state index in [4.69, 9.17) is 4.74 Å². The van der Waals surface area contributed by atoms with E-state index >= 15 is 0 Å². The van der Waals surface area contributed by atoms with E-state index in [0.29, 0.717) is 6.04 Å². The molecule has 0 bridgehead atoms. The number of methoxy groups -OCH3 is 1. The van der Waals surface area contributed by atoms with Crippen molar-refractivity contribution < 1.29 is 9.53 Å². The van der Waals surface area contributed by atoms with Crippen LogP contribution < -0.4 is 10.6 Å². The molecule has 0 saturated carbocycles. The molecule has 1 aromatic carbocycles. The van der Waals surface area contributed by atoms with Gasteiger partial charge in [-0.1, -0.05) is 30.3 Å². The average molecular weight is 404 g/mol. The number of nitrogens with zero attached hydrogens (tertiary/aromatic N) is 3. The summed E-state index contributed by atoms with van der Waals surface area (Å²) in [6.07, 6.45) is 4.15. The maximum atomic E-state index is 11.9. The molecule has 0 aromatic heterocycles. The van der Waals surface area contributed by atoms with Gasteiger partial charge in [0, 0.05) is 60.0 Å². The summed E-state index contributed by atoms with van der Waals surface area (Å²) in [5.41, 5.74) is 1.29. The molecule has 1 amide bonds. The second kappa shape index (κ2) is 13.2. The van der Waals surface area contributed by atoms with Crippen molar-refractivity contribution in [3.63, 3.8) is 0 Å². The van der Waals surface area contributed by atoms with Gasteiger partial charge in [0.25, 0.3) is 0 Å². The van der Waals surface area contributed by atoms with Crippen molar-refractivity contribution in [2.75, 3.05) is 60.5 Å². The lowest BCUT2D eigenvalue weighted by atomic mass is 10.1. The van der Waals surface area contributed by atoms with Crippen LogP contribution in [-0.2, 0) is 16.0 Å². The largest absolute Gasteiger partial charge is 0.385 e. The molecule has 7 nitrogen and oxygen atoms in total. The van der Waals surface area contributed by atoms with Crippen LogP contribution in [0.4, 0.5) is 0 Å². The van der Waals surface area contributed by atoms with Gasteiger partial charge in [0.2, 0.25) is 5.91 Å². The molecular formula is C22H37N5O2. The van der Waals surface area contributed by atoms with Gasteiger partial charge in [-0.05, 0) is 31.2 Å². The topological polar surface area (TPSA) is 69.2 Å². The SMILES string of the molecule is COCCCN1CCC(NC(=NCC(=O)N(C)C)NCCc2ccccc2)CC1. The van der Waals surface area contributed by atoms with E-state index in [1.165, 1.54) is 5.56 Å². The Morgan fingerprint density at radius 3 is 2.62 bits per heavy atom. The molecule has 1 heterocycles. The number of aliphatic imine (C=N–C) groups is 1. The van der Waals surface area contributed by atoms with Crippen molar-refractivity contribution in [1.82, 2.24) is 20.4 Å². The lowest BCUT2D eigenvalue weighted by molar-refractivity contribution is -0.127. The zero-order valence-electron chi connectivity index (χ0n) is 18.2. The molecule has 162 valence electrons. The Bertz CT molecular complexity index is 613. The highest BCUT2D eigenvalue weighted by Crippen LogP contribution is 2.10. The summed E-state index contributed by atoms with van der Waals surface area (Å²) in [4.78, 5) is 20.5. The van der Waals surface area contributed by atoms with Gasteiger partial charge in [0.1, 0.15) is 6.54 Å². The molecule has 0 atom stereocenters. The van der Waals surface area contributed by atoms with E-state index in [9.17, 15) is 4.79 Å². The highest BCUT2D eigenvalue weighted by atomic mass is 16.5. The number of hydrogen-bond donors (Lipinski definition) is 2. The van der Waals surface area contributed by atoms with Gasteiger partial charge >= 0.3 is 0 Å². The number of amides is 1. The zero-order chi connectivity index (χ0) is 20.9. The summed E-state index contributed by atoms with van der Waals surface area (Å²) >= 11 is 0. The number of benzene rings is 1. The van der Waals surface area contributed by atoms with Crippen LogP contribution in [0.1, 0.15) is 24.8 Å².